The molecular formula is C24H31N5O4S2. The highest BCUT2D eigenvalue weighted by molar-refractivity contribution is 8.22. The summed E-state index contributed by atoms with van der Waals surface area (Å²) in [4.78, 5) is 13.0. The van der Waals surface area contributed by atoms with E-state index in [0.29, 0.717) is 31.7 Å². The average Bonchev–Trinajstić information content (AvgIpc) is 3.20. The van der Waals surface area contributed by atoms with Gasteiger partial charge in [0.05, 0.1) is 17.7 Å². The highest BCUT2D eigenvalue weighted by atomic mass is 32.2. The van der Waals surface area contributed by atoms with E-state index in [0.717, 1.165) is 45.2 Å². The van der Waals surface area contributed by atoms with Gasteiger partial charge in [-0.2, -0.15) is 0 Å². The maximum Gasteiger partial charge on any atom is 0.185 e. The second-order valence-corrected chi connectivity index (χ2v) is 11.7. The van der Waals surface area contributed by atoms with Crippen molar-refractivity contribution in [3.05, 3.63) is 34.9 Å². The van der Waals surface area contributed by atoms with Crippen molar-refractivity contribution in [3.8, 4) is 23.0 Å². The number of benzene rings is 2. The number of aromatic hydroxyl groups is 3. The highest BCUT2D eigenvalue weighted by Crippen LogP contribution is 2.64. The Hall–Kier alpha value is -2.76. The van der Waals surface area contributed by atoms with Crippen LogP contribution >= 0.6 is 23.5 Å². The van der Waals surface area contributed by atoms with Crippen LogP contribution in [0.25, 0.3) is 0 Å². The van der Waals surface area contributed by atoms with Crippen molar-refractivity contribution in [2.45, 2.75) is 33.1 Å². The molecule has 11 heteroatoms. The molecule has 2 heterocycles. The third-order valence-electron chi connectivity index (χ3n) is 6.04. The molecule has 0 amide bonds. The predicted molar refractivity (Wildman–Crippen MR) is 142 cm³/mol. The average molecular weight is 518 g/mol. The molecule has 0 spiro atoms. The molecule has 0 aromatic heterocycles. The number of thioether (sulfide) groups is 2. The van der Waals surface area contributed by atoms with Crippen LogP contribution in [0.15, 0.2) is 38.0 Å². The van der Waals surface area contributed by atoms with E-state index in [1.54, 1.807) is 31.0 Å². The Bertz CT molecular complexity index is 1200. The molecule has 0 aliphatic carbocycles. The van der Waals surface area contributed by atoms with Gasteiger partial charge in [-0.1, -0.05) is 23.5 Å². The number of hydrogen-bond acceptors (Lipinski definition) is 9. The quantitative estimate of drug-likeness (QED) is 0.202. The number of likely N-dealkylation sites (N-methyl/N-ethyl adjacent to an activating group) is 1. The van der Waals surface area contributed by atoms with Crippen LogP contribution in [0.1, 0.15) is 23.1 Å². The first-order valence-corrected chi connectivity index (χ1v) is 12.9. The molecule has 2 aliphatic heterocycles. The van der Waals surface area contributed by atoms with Crippen LogP contribution in [0, 0.1) is 0 Å². The number of nitrogens with zero attached hydrogens (tertiary/aromatic N) is 3. The number of phenols is 3. The number of hydrogen-bond donors (Lipinski definition) is 5. The van der Waals surface area contributed by atoms with E-state index in [1.807, 2.05) is 20.2 Å². The number of methoxy groups -OCH3 is 1. The van der Waals surface area contributed by atoms with E-state index in [4.69, 9.17) is 21.2 Å². The van der Waals surface area contributed by atoms with Crippen molar-refractivity contribution in [2.24, 2.45) is 21.5 Å². The molecule has 35 heavy (non-hydrogen) atoms. The lowest BCUT2D eigenvalue weighted by molar-refractivity contribution is 0.363. The third-order valence-corrected chi connectivity index (χ3v) is 9.39. The zero-order valence-corrected chi connectivity index (χ0v) is 21.7. The number of phenolic OH excluding ortho intramolecular Hbond substituents is 3. The van der Waals surface area contributed by atoms with E-state index < -0.39 is 4.08 Å². The van der Waals surface area contributed by atoms with E-state index in [1.165, 1.54) is 11.8 Å². The molecule has 2 aromatic carbocycles. The molecule has 1 atom stereocenters. The Morgan fingerprint density at radius 1 is 1.14 bits per heavy atom. The number of fused-ring (bicyclic) bond motifs is 2. The number of nitrogens with two attached hydrogens (primary N) is 2. The second-order valence-electron chi connectivity index (χ2n) is 8.79. The van der Waals surface area contributed by atoms with E-state index in [9.17, 15) is 15.3 Å². The molecule has 4 rings (SSSR count). The molecular weight excluding hydrogens is 486 g/mol. The van der Waals surface area contributed by atoms with Crippen LogP contribution in [0.5, 0.6) is 23.0 Å². The minimum Gasteiger partial charge on any atom is -0.504 e. The van der Waals surface area contributed by atoms with Crippen LogP contribution in [0.2, 0.25) is 0 Å². The van der Waals surface area contributed by atoms with Crippen LogP contribution in [-0.2, 0) is 12.8 Å². The number of guanidine groups is 1. The molecule has 2 aromatic rings. The molecule has 9 nitrogen and oxygen atoms in total. The Morgan fingerprint density at radius 3 is 2.54 bits per heavy atom. The maximum absolute atomic E-state index is 11.1. The summed E-state index contributed by atoms with van der Waals surface area (Å²) < 4.78 is 4.84. The van der Waals surface area contributed by atoms with Gasteiger partial charge < -0.3 is 36.4 Å². The number of rotatable bonds is 8. The molecule has 188 valence electrons. The Labute approximate surface area is 213 Å². The van der Waals surface area contributed by atoms with Gasteiger partial charge in [0.2, 0.25) is 0 Å². The molecule has 0 bridgehead atoms. The normalized spacial score (nSPS) is 18.7. The van der Waals surface area contributed by atoms with Crippen molar-refractivity contribution < 1.29 is 20.1 Å². The number of ether oxygens (including phenoxy) is 1. The largest absolute Gasteiger partial charge is 0.504 e. The van der Waals surface area contributed by atoms with Gasteiger partial charge in [0.15, 0.2) is 29.0 Å². The molecule has 1 unspecified atom stereocenters. The van der Waals surface area contributed by atoms with Crippen LogP contribution in [-0.4, -0.2) is 76.8 Å². The van der Waals surface area contributed by atoms with Crippen LogP contribution in [0.3, 0.4) is 0 Å². The second kappa shape index (κ2) is 10.1. The minimum atomic E-state index is -0.656. The first-order chi connectivity index (χ1) is 16.6. The fourth-order valence-corrected chi connectivity index (χ4v) is 7.70. The Morgan fingerprint density at radius 2 is 1.86 bits per heavy atom. The summed E-state index contributed by atoms with van der Waals surface area (Å²) in [5.74, 6) is 0.194. The van der Waals surface area contributed by atoms with Crippen LogP contribution in [0.4, 0.5) is 0 Å². The number of aliphatic imine (C=N–C) groups is 2. The van der Waals surface area contributed by atoms with Gasteiger partial charge in [0.1, 0.15) is 4.08 Å². The van der Waals surface area contributed by atoms with Crippen LogP contribution < -0.4 is 16.2 Å². The van der Waals surface area contributed by atoms with Crippen molar-refractivity contribution in [1.82, 2.24) is 4.90 Å². The maximum atomic E-state index is 11.1. The van der Waals surface area contributed by atoms with E-state index >= 15 is 0 Å². The topological polar surface area (TPSA) is 150 Å². The van der Waals surface area contributed by atoms with Gasteiger partial charge in [-0.25, -0.2) is 0 Å². The molecule has 0 saturated heterocycles. The standard InChI is InChI=1S/C24H31N5O4S2/c1-29(2)9-5-14-11-18(33-3)19(32)21-20(14)34-24(35-21,6-8-28-23(25)26)22-15-12-17(31)16(30)10-13(15)4-7-27-22/h10-12,30-32H,4-9H2,1-3H3,(H4,25,26,28). The van der Waals surface area contributed by atoms with Gasteiger partial charge in [0, 0.05) is 30.1 Å². The van der Waals surface area contributed by atoms with Crippen molar-refractivity contribution in [3.63, 3.8) is 0 Å². The minimum absolute atomic E-state index is 0.00963. The van der Waals surface area contributed by atoms with E-state index in [-0.39, 0.29) is 23.2 Å². The first kappa shape index (κ1) is 25.3. The molecule has 0 radical (unpaired) electrons. The Balaban J connectivity index is 1.84. The summed E-state index contributed by atoms with van der Waals surface area (Å²) in [6, 6.07) is 5.07. The van der Waals surface area contributed by atoms with Gasteiger partial charge in [-0.15, -0.1) is 0 Å². The fraction of sp³-hybridized carbons (Fsp3) is 0.417. The SMILES string of the molecule is COc1cc(CCN(C)C)c2c(c1O)SC(CCN=C(N)N)(C1=NCCc3cc(O)c(O)cc31)S2. The third kappa shape index (κ3) is 4.98. The van der Waals surface area contributed by atoms with Crippen molar-refractivity contribution in [2.75, 3.05) is 40.8 Å². The lowest BCUT2D eigenvalue weighted by Crippen LogP contribution is -2.35. The zero-order valence-electron chi connectivity index (χ0n) is 20.0. The molecule has 0 fully saturated rings. The monoisotopic (exact) mass is 517 g/mol. The fourth-order valence-electron chi connectivity index (χ4n) is 4.30. The van der Waals surface area contributed by atoms with Crippen molar-refractivity contribution in [1.29, 1.82) is 0 Å². The Kier molecular flexibility index (Phi) is 7.30. The summed E-state index contributed by atoms with van der Waals surface area (Å²) in [5.41, 5.74) is 14.8. The predicted octanol–water partition coefficient (Wildman–Crippen LogP) is 2.52. The molecule has 0 saturated carbocycles. The lowest BCUT2D eigenvalue weighted by atomic mass is 9.93. The zero-order chi connectivity index (χ0) is 25.3. The molecule has 7 N–H and O–H groups in total. The van der Waals surface area contributed by atoms with Gasteiger partial charge >= 0.3 is 0 Å². The van der Waals surface area contributed by atoms with Gasteiger partial charge in [-0.3, -0.25) is 9.98 Å². The summed E-state index contributed by atoms with van der Waals surface area (Å²) in [6.07, 6.45) is 1.97. The molecule has 2 aliphatic rings. The highest BCUT2D eigenvalue weighted by Gasteiger charge is 2.48. The smallest absolute Gasteiger partial charge is 0.185 e. The summed E-state index contributed by atoms with van der Waals surface area (Å²) in [6.45, 7) is 1.75. The van der Waals surface area contributed by atoms with Crippen molar-refractivity contribution >= 4 is 35.2 Å². The van der Waals surface area contributed by atoms with Gasteiger partial charge in [-0.05, 0) is 62.7 Å². The summed E-state index contributed by atoms with van der Waals surface area (Å²) >= 11 is 3.14. The van der Waals surface area contributed by atoms with Gasteiger partial charge in [0.25, 0.3) is 0 Å². The first-order valence-electron chi connectivity index (χ1n) is 11.3. The lowest BCUT2D eigenvalue weighted by Gasteiger charge is -2.32. The van der Waals surface area contributed by atoms with E-state index in [2.05, 4.69) is 9.89 Å². The summed E-state index contributed by atoms with van der Waals surface area (Å²) in [5, 5.41) is 31.4. The summed E-state index contributed by atoms with van der Waals surface area (Å²) in [7, 11) is 5.59.